The van der Waals surface area contributed by atoms with E-state index in [1.165, 1.54) is 13.3 Å². The molecular formula is C6H10N4O2S. The number of carbonyl (C=O) groups excluding carboxylic acids is 1. The second-order valence-corrected chi connectivity index (χ2v) is 3.02. The Labute approximate surface area is 79.2 Å². The minimum Gasteiger partial charge on any atom is -0.370 e. The van der Waals surface area contributed by atoms with Crippen molar-refractivity contribution in [3.63, 3.8) is 0 Å². The predicted octanol–water partition coefficient (Wildman–Crippen LogP) is -0.550. The minimum atomic E-state index is -0.623. The Morgan fingerprint density at radius 2 is 2.69 bits per heavy atom. The van der Waals surface area contributed by atoms with Crippen molar-refractivity contribution in [3.05, 3.63) is 6.20 Å². The first kappa shape index (κ1) is 10.0. The highest BCUT2D eigenvalue weighted by atomic mass is 32.1. The molecule has 0 aliphatic heterocycles. The molecule has 0 aromatic carbocycles. The van der Waals surface area contributed by atoms with E-state index in [4.69, 9.17) is 10.5 Å². The summed E-state index contributed by atoms with van der Waals surface area (Å²) in [5.41, 5.74) is 5.30. The smallest absolute Gasteiger partial charge is 0.255 e. The molecule has 0 radical (unpaired) electrons. The molecule has 0 bridgehead atoms. The molecule has 1 aromatic heterocycles. The molecule has 0 saturated carbocycles. The normalized spacial score (nSPS) is 12.5. The number of anilines is 1. The Morgan fingerprint density at radius 3 is 3.15 bits per heavy atom. The maximum absolute atomic E-state index is 11.3. The van der Waals surface area contributed by atoms with Crippen LogP contribution >= 0.6 is 11.5 Å². The van der Waals surface area contributed by atoms with Crippen LogP contribution in [0.2, 0.25) is 0 Å². The van der Waals surface area contributed by atoms with Crippen molar-refractivity contribution >= 4 is 22.4 Å². The molecule has 1 heterocycles. The number of methoxy groups -OCH3 is 1. The standard InChI is InChI=1S/C6H10N4O2S/c1-12-4(2-7)6(11)9-5-3-8-10-13-5/h3-4H,2,7H2,1H3,(H,9,11). The van der Waals surface area contributed by atoms with Crippen molar-refractivity contribution in [2.75, 3.05) is 19.0 Å². The van der Waals surface area contributed by atoms with Crippen molar-refractivity contribution in [1.82, 2.24) is 9.59 Å². The molecular weight excluding hydrogens is 192 g/mol. The van der Waals surface area contributed by atoms with Gasteiger partial charge in [-0.05, 0) is 0 Å². The van der Waals surface area contributed by atoms with Crippen LogP contribution < -0.4 is 11.1 Å². The van der Waals surface area contributed by atoms with Crippen LogP contribution in [0.5, 0.6) is 0 Å². The zero-order valence-electron chi connectivity index (χ0n) is 7.06. The lowest BCUT2D eigenvalue weighted by molar-refractivity contribution is -0.125. The van der Waals surface area contributed by atoms with Gasteiger partial charge < -0.3 is 15.8 Å². The quantitative estimate of drug-likeness (QED) is 0.683. The van der Waals surface area contributed by atoms with Crippen molar-refractivity contribution in [2.24, 2.45) is 5.73 Å². The van der Waals surface area contributed by atoms with Gasteiger partial charge in [0.15, 0.2) is 0 Å². The summed E-state index contributed by atoms with van der Waals surface area (Å²) in [5, 5.41) is 6.73. The summed E-state index contributed by atoms with van der Waals surface area (Å²) in [7, 11) is 1.43. The van der Waals surface area contributed by atoms with E-state index in [0.717, 1.165) is 11.5 Å². The van der Waals surface area contributed by atoms with Gasteiger partial charge in [0, 0.05) is 25.2 Å². The average molecular weight is 202 g/mol. The minimum absolute atomic E-state index is 0.147. The lowest BCUT2D eigenvalue weighted by atomic mass is 10.3. The van der Waals surface area contributed by atoms with E-state index in [1.807, 2.05) is 0 Å². The number of nitrogens with two attached hydrogens (primary N) is 1. The predicted molar refractivity (Wildman–Crippen MR) is 48.4 cm³/mol. The van der Waals surface area contributed by atoms with Gasteiger partial charge in [-0.1, -0.05) is 4.49 Å². The van der Waals surface area contributed by atoms with E-state index in [1.54, 1.807) is 0 Å². The second-order valence-electron chi connectivity index (χ2n) is 2.23. The van der Waals surface area contributed by atoms with Gasteiger partial charge in [-0.2, -0.15) is 0 Å². The number of hydrogen-bond acceptors (Lipinski definition) is 6. The molecule has 1 unspecified atom stereocenters. The monoisotopic (exact) mass is 202 g/mol. The molecule has 1 rings (SSSR count). The van der Waals surface area contributed by atoms with Crippen LogP contribution in [0.15, 0.2) is 6.20 Å². The van der Waals surface area contributed by atoms with Crippen molar-refractivity contribution in [2.45, 2.75) is 6.10 Å². The largest absolute Gasteiger partial charge is 0.370 e. The molecule has 0 aliphatic carbocycles. The Kier molecular flexibility index (Phi) is 3.74. The van der Waals surface area contributed by atoms with Crippen LogP contribution in [0.1, 0.15) is 0 Å². The third kappa shape index (κ3) is 2.72. The molecule has 1 amide bonds. The van der Waals surface area contributed by atoms with Crippen LogP contribution in [0, 0.1) is 0 Å². The lowest BCUT2D eigenvalue weighted by Gasteiger charge is -2.10. The van der Waals surface area contributed by atoms with Crippen LogP contribution in [-0.4, -0.2) is 35.3 Å². The SMILES string of the molecule is COC(CN)C(=O)Nc1cnns1. The fourth-order valence-corrected chi connectivity index (χ4v) is 1.16. The van der Waals surface area contributed by atoms with Crippen molar-refractivity contribution in [1.29, 1.82) is 0 Å². The number of nitrogens with zero attached hydrogens (tertiary/aromatic N) is 2. The molecule has 0 aliphatic rings. The van der Waals surface area contributed by atoms with E-state index < -0.39 is 6.10 Å². The molecule has 1 aromatic rings. The Balaban J connectivity index is 2.49. The fourth-order valence-electron chi connectivity index (χ4n) is 0.734. The van der Waals surface area contributed by atoms with Crippen LogP contribution in [0.4, 0.5) is 5.00 Å². The van der Waals surface area contributed by atoms with Crippen LogP contribution in [0.25, 0.3) is 0 Å². The number of carbonyl (C=O) groups is 1. The van der Waals surface area contributed by atoms with Gasteiger partial charge in [0.25, 0.3) is 5.91 Å². The number of nitrogens with one attached hydrogen (secondary N) is 1. The Hall–Kier alpha value is -1.05. The van der Waals surface area contributed by atoms with Gasteiger partial charge in [-0.3, -0.25) is 4.79 Å². The van der Waals surface area contributed by atoms with Crippen molar-refractivity contribution in [3.8, 4) is 0 Å². The molecule has 0 fully saturated rings. The van der Waals surface area contributed by atoms with E-state index >= 15 is 0 Å². The Morgan fingerprint density at radius 1 is 1.92 bits per heavy atom. The molecule has 7 heteroatoms. The number of rotatable bonds is 4. The lowest BCUT2D eigenvalue weighted by Crippen LogP contribution is -2.35. The number of hydrogen-bond donors (Lipinski definition) is 2. The Bertz CT molecular complexity index is 260. The first-order valence-electron chi connectivity index (χ1n) is 3.59. The van der Waals surface area contributed by atoms with Gasteiger partial charge >= 0.3 is 0 Å². The molecule has 72 valence electrons. The highest BCUT2D eigenvalue weighted by Gasteiger charge is 2.16. The molecule has 1 atom stereocenters. The second kappa shape index (κ2) is 4.85. The summed E-state index contributed by atoms with van der Waals surface area (Å²) in [6.45, 7) is 0.147. The van der Waals surface area contributed by atoms with Gasteiger partial charge in [0.05, 0.1) is 6.20 Å². The summed E-state index contributed by atoms with van der Waals surface area (Å²) >= 11 is 1.10. The average Bonchev–Trinajstić information content (AvgIpc) is 2.59. The molecule has 0 spiro atoms. The van der Waals surface area contributed by atoms with E-state index in [0.29, 0.717) is 5.00 Å². The third-order valence-corrected chi connectivity index (χ3v) is 1.98. The zero-order valence-corrected chi connectivity index (χ0v) is 7.87. The van der Waals surface area contributed by atoms with E-state index in [-0.39, 0.29) is 12.5 Å². The summed E-state index contributed by atoms with van der Waals surface area (Å²) in [4.78, 5) is 11.3. The summed E-state index contributed by atoms with van der Waals surface area (Å²) < 4.78 is 8.43. The van der Waals surface area contributed by atoms with Crippen LogP contribution in [0.3, 0.4) is 0 Å². The van der Waals surface area contributed by atoms with Gasteiger partial charge in [-0.25, -0.2) is 0 Å². The van der Waals surface area contributed by atoms with Crippen molar-refractivity contribution < 1.29 is 9.53 Å². The molecule has 3 N–H and O–H groups in total. The highest BCUT2D eigenvalue weighted by molar-refractivity contribution is 7.10. The summed E-state index contributed by atoms with van der Waals surface area (Å²) in [6, 6.07) is 0. The van der Waals surface area contributed by atoms with Gasteiger partial charge in [0.2, 0.25) is 0 Å². The number of amides is 1. The first-order valence-corrected chi connectivity index (χ1v) is 4.36. The molecule has 13 heavy (non-hydrogen) atoms. The highest BCUT2D eigenvalue weighted by Crippen LogP contribution is 2.09. The van der Waals surface area contributed by atoms with Gasteiger partial charge in [-0.15, -0.1) is 5.10 Å². The summed E-state index contributed by atoms with van der Waals surface area (Å²) in [6.07, 6.45) is 0.841. The topological polar surface area (TPSA) is 90.1 Å². The summed E-state index contributed by atoms with van der Waals surface area (Å²) in [5.74, 6) is -0.281. The maximum atomic E-state index is 11.3. The van der Waals surface area contributed by atoms with Gasteiger partial charge in [0.1, 0.15) is 11.1 Å². The fraction of sp³-hybridized carbons (Fsp3) is 0.500. The first-order chi connectivity index (χ1) is 6.27. The molecule has 0 saturated heterocycles. The number of aromatic nitrogens is 2. The number of ether oxygens (including phenoxy) is 1. The van der Waals surface area contributed by atoms with E-state index in [9.17, 15) is 4.79 Å². The third-order valence-electron chi connectivity index (χ3n) is 1.40. The maximum Gasteiger partial charge on any atom is 0.255 e. The molecule has 6 nitrogen and oxygen atoms in total. The zero-order chi connectivity index (χ0) is 9.68. The van der Waals surface area contributed by atoms with E-state index in [2.05, 4.69) is 14.9 Å². The van der Waals surface area contributed by atoms with Crippen LogP contribution in [-0.2, 0) is 9.53 Å².